The van der Waals surface area contributed by atoms with Gasteiger partial charge in [0.15, 0.2) is 0 Å². The van der Waals surface area contributed by atoms with Crippen molar-refractivity contribution < 1.29 is 24.2 Å². The maximum Gasteiger partial charge on any atom is 0.262 e. The first-order valence-electron chi connectivity index (χ1n) is 9.61. The Bertz CT molecular complexity index is 895. The molecule has 0 aliphatic carbocycles. The van der Waals surface area contributed by atoms with Crippen LogP contribution in [-0.4, -0.2) is 71.1 Å². The first-order valence-corrected chi connectivity index (χ1v) is 9.61. The molecule has 0 aromatic heterocycles. The molecule has 2 unspecified atom stereocenters. The number of aliphatic hydroxyl groups excluding tert-OH is 1. The lowest BCUT2D eigenvalue weighted by molar-refractivity contribution is -0.145. The minimum absolute atomic E-state index is 0.209. The Balaban J connectivity index is 1.70. The van der Waals surface area contributed by atoms with Crippen molar-refractivity contribution in [2.45, 2.75) is 18.5 Å². The first-order chi connectivity index (χ1) is 14.1. The minimum Gasteiger partial charge on any atom is -0.394 e. The Labute approximate surface area is 168 Å². The van der Waals surface area contributed by atoms with Crippen LogP contribution in [-0.2, 0) is 16.0 Å². The molecule has 2 heterocycles. The quantitative estimate of drug-likeness (QED) is 0.768. The van der Waals surface area contributed by atoms with Gasteiger partial charge >= 0.3 is 0 Å². The molecule has 1 N–H and O–H groups in total. The van der Waals surface area contributed by atoms with E-state index in [2.05, 4.69) is 0 Å². The lowest BCUT2D eigenvalue weighted by atomic mass is 10.0. The minimum atomic E-state index is -0.989. The summed E-state index contributed by atoms with van der Waals surface area (Å²) >= 11 is 0. The Hall–Kier alpha value is -3.03. The SMILES string of the molecule is O=C(C(Cc1ccccc1)N1C(=O)c2ccccc2C1=O)N1CCOCC1CO. The topological polar surface area (TPSA) is 87.2 Å². The second kappa shape index (κ2) is 8.14. The molecule has 3 amide bonds. The fourth-order valence-corrected chi connectivity index (χ4v) is 3.90. The van der Waals surface area contributed by atoms with E-state index in [1.807, 2.05) is 30.3 Å². The molecule has 7 nitrogen and oxygen atoms in total. The predicted octanol–water partition coefficient (Wildman–Crippen LogP) is 1.11. The summed E-state index contributed by atoms with van der Waals surface area (Å²) in [6.07, 6.45) is 0.209. The van der Waals surface area contributed by atoms with Crippen LogP contribution in [0.5, 0.6) is 0 Å². The molecule has 0 saturated carbocycles. The first kappa shape index (κ1) is 19.3. The van der Waals surface area contributed by atoms with Crippen molar-refractivity contribution in [2.75, 3.05) is 26.4 Å². The summed E-state index contributed by atoms with van der Waals surface area (Å²) in [7, 11) is 0. The third-order valence-electron chi connectivity index (χ3n) is 5.42. The molecule has 29 heavy (non-hydrogen) atoms. The molecule has 1 saturated heterocycles. The zero-order valence-electron chi connectivity index (χ0n) is 15.9. The number of carbonyl (C=O) groups excluding carboxylic acids is 3. The zero-order valence-corrected chi connectivity index (χ0v) is 15.9. The molecule has 2 aliphatic rings. The summed E-state index contributed by atoms with van der Waals surface area (Å²) in [6, 6.07) is 14.4. The number of ether oxygens (including phenoxy) is 1. The Morgan fingerprint density at radius 2 is 1.66 bits per heavy atom. The van der Waals surface area contributed by atoms with Gasteiger partial charge in [0.25, 0.3) is 11.8 Å². The number of morpholine rings is 1. The van der Waals surface area contributed by atoms with Crippen LogP contribution in [0, 0.1) is 0 Å². The summed E-state index contributed by atoms with van der Waals surface area (Å²) in [4.78, 5) is 42.2. The highest BCUT2D eigenvalue weighted by Gasteiger charge is 2.45. The normalized spacial score (nSPS) is 20.0. The number of imide groups is 1. The van der Waals surface area contributed by atoms with E-state index in [0.717, 1.165) is 10.5 Å². The van der Waals surface area contributed by atoms with Gasteiger partial charge in [0.2, 0.25) is 5.91 Å². The second-order valence-electron chi connectivity index (χ2n) is 7.17. The summed E-state index contributed by atoms with van der Waals surface area (Å²) in [6.45, 7) is 0.634. The van der Waals surface area contributed by atoms with Crippen LogP contribution in [0.1, 0.15) is 26.3 Å². The fraction of sp³-hybridized carbons (Fsp3) is 0.318. The molecule has 2 aliphatic heterocycles. The van der Waals surface area contributed by atoms with Crippen LogP contribution in [0.2, 0.25) is 0 Å². The van der Waals surface area contributed by atoms with Crippen molar-refractivity contribution in [1.82, 2.24) is 9.80 Å². The number of aliphatic hydroxyl groups is 1. The number of fused-ring (bicyclic) bond motifs is 1. The van der Waals surface area contributed by atoms with Crippen LogP contribution in [0.3, 0.4) is 0 Å². The monoisotopic (exact) mass is 394 g/mol. The maximum atomic E-state index is 13.5. The van der Waals surface area contributed by atoms with E-state index in [4.69, 9.17) is 4.74 Å². The predicted molar refractivity (Wildman–Crippen MR) is 104 cm³/mol. The fourth-order valence-electron chi connectivity index (χ4n) is 3.90. The average molecular weight is 394 g/mol. The number of hydrogen-bond donors (Lipinski definition) is 1. The average Bonchev–Trinajstić information content (AvgIpc) is 3.02. The van der Waals surface area contributed by atoms with Gasteiger partial charge in [-0.2, -0.15) is 0 Å². The van der Waals surface area contributed by atoms with Crippen molar-refractivity contribution in [3.05, 3.63) is 71.3 Å². The van der Waals surface area contributed by atoms with Gasteiger partial charge in [-0.3, -0.25) is 19.3 Å². The Kier molecular flexibility index (Phi) is 5.42. The molecular formula is C22H22N2O5. The van der Waals surface area contributed by atoms with Gasteiger partial charge in [-0.15, -0.1) is 0 Å². The van der Waals surface area contributed by atoms with Gasteiger partial charge in [-0.05, 0) is 17.7 Å². The number of rotatable bonds is 5. The highest BCUT2D eigenvalue weighted by atomic mass is 16.5. The van der Waals surface area contributed by atoms with Crippen LogP contribution in [0.25, 0.3) is 0 Å². The highest BCUT2D eigenvalue weighted by molar-refractivity contribution is 6.22. The van der Waals surface area contributed by atoms with E-state index in [9.17, 15) is 19.5 Å². The van der Waals surface area contributed by atoms with Gasteiger partial charge in [-0.1, -0.05) is 42.5 Å². The number of benzene rings is 2. The lowest BCUT2D eigenvalue weighted by Gasteiger charge is -2.38. The zero-order chi connectivity index (χ0) is 20.4. The maximum absolute atomic E-state index is 13.5. The molecule has 0 spiro atoms. The molecule has 4 rings (SSSR count). The van der Waals surface area contributed by atoms with E-state index in [0.29, 0.717) is 24.3 Å². The molecule has 2 atom stereocenters. The van der Waals surface area contributed by atoms with E-state index in [1.54, 1.807) is 24.3 Å². The highest BCUT2D eigenvalue weighted by Crippen LogP contribution is 2.27. The Morgan fingerprint density at radius 1 is 1.03 bits per heavy atom. The molecule has 150 valence electrons. The third kappa shape index (κ3) is 3.54. The van der Waals surface area contributed by atoms with Crippen LogP contribution in [0.15, 0.2) is 54.6 Å². The van der Waals surface area contributed by atoms with Crippen LogP contribution >= 0.6 is 0 Å². The third-order valence-corrected chi connectivity index (χ3v) is 5.42. The molecule has 7 heteroatoms. The van der Waals surface area contributed by atoms with Crippen molar-refractivity contribution in [1.29, 1.82) is 0 Å². The van der Waals surface area contributed by atoms with Crippen molar-refractivity contribution in [3.63, 3.8) is 0 Å². The van der Waals surface area contributed by atoms with Crippen molar-refractivity contribution in [2.24, 2.45) is 0 Å². The summed E-state index contributed by atoms with van der Waals surface area (Å²) in [5.74, 6) is -1.28. The number of hydrogen-bond acceptors (Lipinski definition) is 5. The van der Waals surface area contributed by atoms with Gasteiger partial charge in [0.05, 0.1) is 37.0 Å². The van der Waals surface area contributed by atoms with Gasteiger partial charge in [0, 0.05) is 13.0 Å². The molecule has 2 aromatic rings. The second-order valence-corrected chi connectivity index (χ2v) is 7.17. The van der Waals surface area contributed by atoms with Crippen LogP contribution in [0.4, 0.5) is 0 Å². The number of amides is 3. The van der Waals surface area contributed by atoms with Gasteiger partial charge in [-0.25, -0.2) is 0 Å². The standard InChI is InChI=1S/C22H22N2O5/c25-13-16-14-29-11-10-23(16)22(28)19(12-15-6-2-1-3-7-15)24-20(26)17-8-4-5-9-18(17)21(24)27/h1-9,16,19,25H,10-14H2. The van der Waals surface area contributed by atoms with Gasteiger partial charge in [0.1, 0.15) is 6.04 Å². The van der Waals surface area contributed by atoms with E-state index >= 15 is 0 Å². The van der Waals surface area contributed by atoms with Crippen molar-refractivity contribution >= 4 is 17.7 Å². The summed E-state index contributed by atoms with van der Waals surface area (Å²) < 4.78 is 5.37. The van der Waals surface area contributed by atoms with Crippen LogP contribution < -0.4 is 0 Å². The number of nitrogens with zero attached hydrogens (tertiary/aromatic N) is 2. The molecule has 2 aromatic carbocycles. The molecular weight excluding hydrogens is 372 g/mol. The molecule has 1 fully saturated rings. The molecule has 0 radical (unpaired) electrons. The Morgan fingerprint density at radius 3 is 2.28 bits per heavy atom. The smallest absolute Gasteiger partial charge is 0.262 e. The number of carbonyl (C=O) groups is 3. The van der Waals surface area contributed by atoms with Gasteiger partial charge < -0.3 is 14.7 Å². The van der Waals surface area contributed by atoms with Crippen molar-refractivity contribution in [3.8, 4) is 0 Å². The summed E-state index contributed by atoms with van der Waals surface area (Å²) in [5, 5.41) is 9.67. The van der Waals surface area contributed by atoms with E-state index < -0.39 is 23.9 Å². The largest absolute Gasteiger partial charge is 0.394 e. The van der Waals surface area contributed by atoms with E-state index in [1.165, 1.54) is 4.90 Å². The lowest BCUT2D eigenvalue weighted by Crippen LogP contribution is -2.58. The molecule has 0 bridgehead atoms. The summed E-state index contributed by atoms with van der Waals surface area (Å²) in [5.41, 5.74) is 1.46. The van der Waals surface area contributed by atoms with E-state index in [-0.39, 0.29) is 25.5 Å².